The van der Waals surface area contributed by atoms with Crippen LogP contribution in [0.3, 0.4) is 0 Å². The standard InChI is InChI=1S/C28H29F3N2O3S/c29-28(30,31)36-24-14-16-25(17-15-24)37(34,35)33-19-6-5-9-23(33)18-20-32-26-10-3-1-7-21(26)12-13-22-8-2-4-11-27(22)32/h1-4,7-8,10-11,14-17,23H,5-6,9,12-13,18-20H2. The molecule has 0 aliphatic carbocycles. The number of hydrogen-bond donors (Lipinski definition) is 0. The number of nitrogens with zero attached hydrogens (tertiary/aromatic N) is 2. The minimum absolute atomic E-state index is 0.0283. The van der Waals surface area contributed by atoms with Gasteiger partial charge in [-0.1, -0.05) is 42.8 Å². The van der Waals surface area contributed by atoms with Gasteiger partial charge < -0.3 is 9.64 Å². The SMILES string of the molecule is O=S(=O)(c1ccc(OC(F)(F)F)cc1)N1CCCCC1CCN1c2ccccc2CCc2ccccc21. The molecule has 1 atom stereocenters. The second-order valence-corrected chi connectivity index (χ2v) is 11.4. The van der Waals surface area contributed by atoms with Crippen molar-refractivity contribution >= 4 is 21.4 Å². The monoisotopic (exact) mass is 530 g/mol. The third-order valence-electron chi connectivity index (χ3n) is 7.15. The number of ether oxygens (including phenoxy) is 1. The fraction of sp³-hybridized carbons (Fsp3) is 0.357. The van der Waals surface area contributed by atoms with E-state index in [1.165, 1.54) is 27.6 Å². The van der Waals surface area contributed by atoms with E-state index in [9.17, 15) is 21.6 Å². The zero-order chi connectivity index (χ0) is 26.0. The second kappa shape index (κ2) is 10.4. The Hall–Kier alpha value is -3.04. The molecule has 37 heavy (non-hydrogen) atoms. The Kier molecular flexibility index (Phi) is 7.18. The van der Waals surface area contributed by atoms with Gasteiger partial charge in [0.25, 0.3) is 0 Å². The van der Waals surface area contributed by atoms with Crippen molar-refractivity contribution in [2.45, 2.75) is 55.8 Å². The lowest BCUT2D eigenvalue weighted by Gasteiger charge is -2.36. The molecular weight excluding hydrogens is 501 g/mol. The number of rotatable bonds is 6. The van der Waals surface area contributed by atoms with Crippen LogP contribution < -0.4 is 9.64 Å². The highest BCUT2D eigenvalue weighted by atomic mass is 32.2. The van der Waals surface area contributed by atoms with Crippen LogP contribution in [0.4, 0.5) is 24.5 Å². The van der Waals surface area contributed by atoms with Gasteiger partial charge in [-0.25, -0.2) is 8.42 Å². The first-order valence-electron chi connectivity index (χ1n) is 12.5. The summed E-state index contributed by atoms with van der Waals surface area (Å²) >= 11 is 0. The van der Waals surface area contributed by atoms with Crippen LogP contribution in [0.25, 0.3) is 0 Å². The molecule has 0 spiro atoms. The summed E-state index contributed by atoms with van der Waals surface area (Å²) in [6.07, 6.45) is 0.123. The maximum absolute atomic E-state index is 13.5. The number of fused-ring (bicyclic) bond motifs is 2. The van der Waals surface area contributed by atoms with E-state index in [-0.39, 0.29) is 10.9 Å². The normalized spacial score (nSPS) is 18.6. The highest BCUT2D eigenvalue weighted by molar-refractivity contribution is 7.89. The second-order valence-electron chi connectivity index (χ2n) is 9.48. The van der Waals surface area contributed by atoms with Crippen LogP contribution in [0.15, 0.2) is 77.7 Å². The van der Waals surface area contributed by atoms with Crippen LogP contribution in [0, 0.1) is 0 Å². The Labute approximate surface area is 215 Å². The molecular formula is C28H29F3N2O3S. The largest absolute Gasteiger partial charge is 0.573 e. The number of aryl methyl sites for hydroxylation is 2. The Morgan fingerprint density at radius 2 is 1.43 bits per heavy atom. The first kappa shape index (κ1) is 25.6. The molecule has 0 saturated carbocycles. The summed E-state index contributed by atoms with van der Waals surface area (Å²) in [5, 5.41) is 0. The van der Waals surface area contributed by atoms with Gasteiger partial charge in [-0.2, -0.15) is 4.31 Å². The number of benzene rings is 3. The van der Waals surface area contributed by atoms with Crippen molar-refractivity contribution in [3.8, 4) is 5.75 Å². The van der Waals surface area contributed by atoms with Crippen molar-refractivity contribution in [3.63, 3.8) is 0 Å². The van der Waals surface area contributed by atoms with E-state index >= 15 is 0 Å². The maximum Gasteiger partial charge on any atom is 0.573 e. The van der Waals surface area contributed by atoms with E-state index in [4.69, 9.17) is 0 Å². The van der Waals surface area contributed by atoms with Crippen molar-refractivity contribution < 1.29 is 26.3 Å². The van der Waals surface area contributed by atoms with Crippen LogP contribution in [0.2, 0.25) is 0 Å². The van der Waals surface area contributed by atoms with Crippen molar-refractivity contribution in [1.82, 2.24) is 4.31 Å². The Balaban J connectivity index is 1.38. The number of para-hydroxylation sites is 2. The van der Waals surface area contributed by atoms with Gasteiger partial charge >= 0.3 is 6.36 Å². The highest BCUT2D eigenvalue weighted by Crippen LogP contribution is 2.37. The van der Waals surface area contributed by atoms with E-state index < -0.39 is 22.1 Å². The minimum Gasteiger partial charge on any atom is -0.406 e. The molecule has 0 radical (unpaired) electrons. The lowest BCUT2D eigenvalue weighted by molar-refractivity contribution is -0.274. The summed E-state index contributed by atoms with van der Waals surface area (Å²) in [7, 11) is -3.87. The van der Waals surface area contributed by atoms with Crippen LogP contribution in [0.1, 0.15) is 36.8 Å². The topological polar surface area (TPSA) is 49.9 Å². The number of hydrogen-bond acceptors (Lipinski definition) is 4. The van der Waals surface area contributed by atoms with Gasteiger partial charge in [0.1, 0.15) is 5.75 Å². The average Bonchev–Trinajstić information content (AvgIpc) is 3.04. The summed E-state index contributed by atoms with van der Waals surface area (Å²) < 4.78 is 70.1. The molecule has 5 nitrogen and oxygen atoms in total. The van der Waals surface area contributed by atoms with Crippen molar-refractivity contribution in [2.75, 3.05) is 18.0 Å². The number of alkyl halides is 3. The molecule has 1 unspecified atom stereocenters. The van der Waals surface area contributed by atoms with Crippen LogP contribution in [-0.4, -0.2) is 38.2 Å². The predicted octanol–water partition coefficient (Wildman–Crippen LogP) is 6.46. The maximum atomic E-state index is 13.5. The molecule has 2 aliphatic rings. The molecule has 2 heterocycles. The van der Waals surface area contributed by atoms with Gasteiger partial charge in [0.15, 0.2) is 0 Å². The lowest BCUT2D eigenvalue weighted by atomic mass is 10.0. The highest BCUT2D eigenvalue weighted by Gasteiger charge is 2.35. The van der Waals surface area contributed by atoms with Crippen LogP contribution >= 0.6 is 0 Å². The zero-order valence-corrected chi connectivity index (χ0v) is 21.1. The third-order valence-corrected chi connectivity index (χ3v) is 9.12. The molecule has 3 aromatic carbocycles. The smallest absolute Gasteiger partial charge is 0.406 e. The molecule has 0 aromatic heterocycles. The van der Waals surface area contributed by atoms with E-state index in [0.717, 1.165) is 55.6 Å². The predicted molar refractivity (Wildman–Crippen MR) is 137 cm³/mol. The summed E-state index contributed by atoms with van der Waals surface area (Å²) in [5.41, 5.74) is 4.84. The first-order chi connectivity index (χ1) is 17.7. The summed E-state index contributed by atoms with van der Waals surface area (Å²) in [6.45, 7) is 1.05. The molecule has 5 rings (SSSR count). The number of anilines is 2. The van der Waals surface area contributed by atoms with Gasteiger partial charge in [0, 0.05) is 30.5 Å². The van der Waals surface area contributed by atoms with Gasteiger partial charge in [-0.3, -0.25) is 0 Å². The molecule has 9 heteroatoms. The number of sulfonamides is 1. The van der Waals surface area contributed by atoms with Gasteiger partial charge in [0.05, 0.1) is 4.90 Å². The molecule has 0 bridgehead atoms. The Morgan fingerprint density at radius 1 is 0.838 bits per heavy atom. The van der Waals surface area contributed by atoms with Crippen molar-refractivity contribution in [2.24, 2.45) is 0 Å². The number of halogens is 3. The lowest BCUT2D eigenvalue weighted by Crippen LogP contribution is -2.45. The van der Waals surface area contributed by atoms with Crippen molar-refractivity contribution in [3.05, 3.63) is 83.9 Å². The van der Waals surface area contributed by atoms with Crippen LogP contribution in [-0.2, 0) is 22.9 Å². The third kappa shape index (κ3) is 5.62. The van der Waals surface area contributed by atoms with E-state index in [2.05, 4.69) is 33.9 Å². The summed E-state index contributed by atoms with van der Waals surface area (Å²) in [6, 6.07) is 21.0. The fourth-order valence-electron chi connectivity index (χ4n) is 5.42. The van der Waals surface area contributed by atoms with Gasteiger partial charge in [0.2, 0.25) is 10.0 Å². The Bertz CT molecular complexity index is 1300. The summed E-state index contributed by atoms with van der Waals surface area (Å²) in [5.74, 6) is -0.444. The molecule has 0 amide bonds. The first-order valence-corrected chi connectivity index (χ1v) is 14.0. The van der Waals surface area contributed by atoms with E-state index in [1.54, 1.807) is 0 Å². The molecule has 196 valence electrons. The van der Waals surface area contributed by atoms with E-state index in [1.807, 2.05) is 24.3 Å². The molecule has 1 saturated heterocycles. The Morgan fingerprint density at radius 3 is 2.03 bits per heavy atom. The number of piperidine rings is 1. The molecule has 2 aliphatic heterocycles. The average molecular weight is 531 g/mol. The van der Waals surface area contributed by atoms with Gasteiger partial charge in [-0.05, 0) is 79.6 Å². The molecule has 1 fully saturated rings. The van der Waals surface area contributed by atoms with Gasteiger partial charge in [-0.15, -0.1) is 13.2 Å². The summed E-state index contributed by atoms with van der Waals surface area (Å²) in [4.78, 5) is 2.28. The van der Waals surface area contributed by atoms with E-state index in [0.29, 0.717) is 19.5 Å². The molecule has 0 N–H and O–H groups in total. The quantitative estimate of drug-likeness (QED) is 0.367. The minimum atomic E-state index is -4.83. The fourth-order valence-corrected chi connectivity index (χ4v) is 7.14. The zero-order valence-electron chi connectivity index (χ0n) is 20.3. The molecule has 3 aromatic rings. The van der Waals surface area contributed by atoms with Crippen molar-refractivity contribution in [1.29, 1.82) is 0 Å². The van der Waals surface area contributed by atoms with Crippen LogP contribution in [0.5, 0.6) is 5.75 Å².